The number of hydrogen-bond donors (Lipinski definition) is 2. The second kappa shape index (κ2) is 9.56. The van der Waals surface area contributed by atoms with Crippen molar-refractivity contribution in [3.05, 3.63) is 84.4 Å². The highest BCUT2D eigenvalue weighted by Crippen LogP contribution is 2.26. The van der Waals surface area contributed by atoms with E-state index in [9.17, 15) is 9.59 Å². The summed E-state index contributed by atoms with van der Waals surface area (Å²) in [6.45, 7) is 0. The highest BCUT2D eigenvalue weighted by Gasteiger charge is 2.09. The number of carbonyl (C=O) groups is 2. The average molecular weight is 434 g/mol. The molecule has 0 bridgehead atoms. The molecular weight excluding hydrogens is 414 g/mol. The number of nitrogens with zero attached hydrogens (tertiary/aromatic N) is 1. The summed E-state index contributed by atoms with van der Waals surface area (Å²) in [5.41, 5.74) is 2.56. The van der Waals surface area contributed by atoms with Crippen LogP contribution in [0.25, 0.3) is 10.2 Å². The second-order valence-corrected chi connectivity index (χ2v) is 8.64. The predicted octanol–water partition coefficient (Wildman–Crippen LogP) is 5.21. The smallest absolute Gasteiger partial charge is 0.236 e. The van der Waals surface area contributed by atoms with Gasteiger partial charge in [0.1, 0.15) is 0 Å². The van der Waals surface area contributed by atoms with Crippen LogP contribution >= 0.6 is 23.1 Å². The van der Waals surface area contributed by atoms with Gasteiger partial charge in [0.2, 0.25) is 11.8 Å². The third-order valence-electron chi connectivity index (χ3n) is 4.24. The predicted molar refractivity (Wildman–Crippen MR) is 124 cm³/mol. The number of amides is 2. The van der Waals surface area contributed by atoms with Gasteiger partial charge in [-0.25, -0.2) is 4.98 Å². The molecule has 0 fully saturated rings. The molecule has 0 atom stereocenters. The van der Waals surface area contributed by atoms with E-state index in [1.54, 1.807) is 0 Å². The molecular formula is C23H19N3O2S2. The minimum atomic E-state index is -0.113. The maximum atomic E-state index is 12.3. The number of fused-ring (bicyclic) bond motifs is 1. The van der Waals surface area contributed by atoms with E-state index in [-0.39, 0.29) is 17.6 Å². The molecule has 0 aliphatic carbocycles. The summed E-state index contributed by atoms with van der Waals surface area (Å²) in [5.74, 6) is 0.0756. The summed E-state index contributed by atoms with van der Waals surface area (Å²) in [5, 5.41) is 6.37. The molecule has 2 N–H and O–H groups in total. The highest BCUT2D eigenvalue weighted by molar-refractivity contribution is 8.00. The minimum Gasteiger partial charge on any atom is -0.326 e. The fourth-order valence-corrected chi connectivity index (χ4v) is 4.52. The molecule has 2 amide bonds. The van der Waals surface area contributed by atoms with Crippen LogP contribution in [0.5, 0.6) is 0 Å². The third kappa shape index (κ3) is 5.46. The van der Waals surface area contributed by atoms with Crippen molar-refractivity contribution < 1.29 is 9.59 Å². The SMILES string of the molecule is O=C(Cc1ccccc1)Nc1cccc(SCC(=O)Nc2nc3ccccc3s2)c1. The van der Waals surface area contributed by atoms with Crippen LogP contribution in [0.1, 0.15) is 5.56 Å². The van der Waals surface area contributed by atoms with Crippen molar-refractivity contribution in [1.82, 2.24) is 4.98 Å². The lowest BCUT2D eigenvalue weighted by Crippen LogP contribution is -2.14. The molecule has 1 aromatic heterocycles. The molecule has 4 aromatic rings. The van der Waals surface area contributed by atoms with Crippen LogP contribution in [0.3, 0.4) is 0 Å². The highest BCUT2D eigenvalue weighted by atomic mass is 32.2. The number of benzene rings is 3. The van der Waals surface area contributed by atoms with E-state index < -0.39 is 0 Å². The number of carbonyl (C=O) groups excluding carboxylic acids is 2. The van der Waals surface area contributed by atoms with Crippen molar-refractivity contribution in [1.29, 1.82) is 0 Å². The normalized spacial score (nSPS) is 10.7. The maximum Gasteiger partial charge on any atom is 0.236 e. The lowest BCUT2D eigenvalue weighted by Gasteiger charge is -2.08. The van der Waals surface area contributed by atoms with Gasteiger partial charge in [0, 0.05) is 10.6 Å². The van der Waals surface area contributed by atoms with Crippen LogP contribution in [0.4, 0.5) is 10.8 Å². The number of anilines is 2. The fraction of sp³-hybridized carbons (Fsp3) is 0.0870. The molecule has 0 saturated heterocycles. The van der Waals surface area contributed by atoms with Crippen LogP contribution in [0.15, 0.2) is 83.8 Å². The molecule has 0 unspecified atom stereocenters. The lowest BCUT2D eigenvalue weighted by atomic mass is 10.1. The first-order valence-corrected chi connectivity index (χ1v) is 11.2. The van der Waals surface area contributed by atoms with Crippen molar-refractivity contribution in [2.75, 3.05) is 16.4 Å². The maximum absolute atomic E-state index is 12.3. The van der Waals surface area contributed by atoms with Crippen LogP contribution in [0.2, 0.25) is 0 Å². The minimum absolute atomic E-state index is 0.0723. The van der Waals surface area contributed by atoms with Crippen molar-refractivity contribution in [3.63, 3.8) is 0 Å². The Labute approximate surface area is 182 Å². The molecule has 0 saturated carbocycles. The van der Waals surface area contributed by atoms with Crippen molar-refractivity contribution in [2.24, 2.45) is 0 Å². The Kier molecular flexibility index (Phi) is 6.41. The summed E-state index contributed by atoms with van der Waals surface area (Å²) >= 11 is 2.87. The zero-order valence-electron chi connectivity index (χ0n) is 16.0. The topological polar surface area (TPSA) is 71.1 Å². The van der Waals surface area contributed by atoms with E-state index >= 15 is 0 Å². The van der Waals surface area contributed by atoms with Gasteiger partial charge in [-0.05, 0) is 35.9 Å². The third-order valence-corrected chi connectivity index (χ3v) is 6.18. The molecule has 1 heterocycles. The lowest BCUT2D eigenvalue weighted by molar-refractivity contribution is -0.115. The molecule has 7 heteroatoms. The van der Waals surface area contributed by atoms with E-state index in [0.717, 1.165) is 20.7 Å². The molecule has 150 valence electrons. The van der Waals surface area contributed by atoms with Gasteiger partial charge in [0.05, 0.1) is 22.4 Å². The number of thioether (sulfide) groups is 1. The van der Waals surface area contributed by atoms with Crippen molar-refractivity contribution >= 4 is 55.9 Å². The Hall–Kier alpha value is -3.16. The summed E-state index contributed by atoms with van der Waals surface area (Å²) in [4.78, 5) is 29.9. The number of para-hydroxylation sites is 1. The second-order valence-electron chi connectivity index (χ2n) is 6.56. The van der Waals surface area contributed by atoms with Crippen LogP contribution in [-0.2, 0) is 16.0 Å². The summed E-state index contributed by atoms with van der Waals surface area (Å²) in [6.07, 6.45) is 0.322. The van der Waals surface area contributed by atoms with Gasteiger partial charge in [-0.3, -0.25) is 9.59 Å². The Bertz CT molecular complexity index is 1140. The summed E-state index contributed by atoms with van der Waals surface area (Å²) < 4.78 is 1.04. The average Bonchev–Trinajstić information content (AvgIpc) is 3.15. The van der Waals surface area contributed by atoms with Crippen LogP contribution in [0, 0.1) is 0 Å². The Morgan fingerprint density at radius 3 is 2.50 bits per heavy atom. The standard InChI is InChI=1S/C23H19N3O2S2/c27-21(13-16-7-2-1-3-8-16)24-17-9-6-10-18(14-17)29-15-22(28)26-23-25-19-11-4-5-12-20(19)30-23/h1-12,14H,13,15H2,(H,24,27)(H,25,26,28). The van der Waals surface area contributed by atoms with Crippen LogP contribution in [-0.4, -0.2) is 22.6 Å². The van der Waals surface area contributed by atoms with Gasteiger partial charge in [0.15, 0.2) is 5.13 Å². The Balaban J connectivity index is 1.30. The molecule has 0 aliphatic heterocycles. The van der Waals surface area contributed by atoms with E-state index in [0.29, 0.717) is 17.2 Å². The van der Waals surface area contributed by atoms with E-state index in [2.05, 4.69) is 15.6 Å². The van der Waals surface area contributed by atoms with Gasteiger partial charge in [-0.15, -0.1) is 11.8 Å². The Morgan fingerprint density at radius 2 is 1.67 bits per heavy atom. The molecule has 30 heavy (non-hydrogen) atoms. The number of nitrogens with one attached hydrogen (secondary N) is 2. The molecule has 0 radical (unpaired) electrons. The monoisotopic (exact) mass is 433 g/mol. The van der Waals surface area contributed by atoms with E-state index in [1.807, 2.05) is 78.9 Å². The first kappa shape index (κ1) is 20.1. The number of rotatable bonds is 7. The fourth-order valence-electron chi connectivity index (χ4n) is 2.88. The largest absolute Gasteiger partial charge is 0.326 e. The molecule has 5 nitrogen and oxygen atoms in total. The van der Waals surface area contributed by atoms with Crippen molar-refractivity contribution in [3.8, 4) is 0 Å². The van der Waals surface area contributed by atoms with E-state index in [4.69, 9.17) is 0 Å². The molecule has 0 spiro atoms. The molecule has 4 rings (SSSR count). The van der Waals surface area contributed by atoms with Crippen LogP contribution < -0.4 is 10.6 Å². The zero-order valence-corrected chi connectivity index (χ0v) is 17.6. The summed E-state index contributed by atoms with van der Waals surface area (Å²) in [6, 6.07) is 24.9. The van der Waals surface area contributed by atoms with Crippen molar-refractivity contribution in [2.45, 2.75) is 11.3 Å². The van der Waals surface area contributed by atoms with Gasteiger partial charge >= 0.3 is 0 Å². The van der Waals surface area contributed by atoms with E-state index in [1.165, 1.54) is 23.1 Å². The van der Waals surface area contributed by atoms with Gasteiger partial charge in [-0.2, -0.15) is 0 Å². The molecule has 3 aromatic carbocycles. The first-order valence-electron chi connectivity index (χ1n) is 9.38. The number of aromatic nitrogens is 1. The molecule has 0 aliphatic rings. The Morgan fingerprint density at radius 1 is 0.867 bits per heavy atom. The van der Waals surface area contributed by atoms with Gasteiger partial charge < -0.3 is 10.6 Å². The number of thiazole rings is 1. The van der Waals surface area contributed by atoms with Gasteiger partial charge in [-0.1, -0.05) is 59.9 Å². The number of hydrogen-bond acceptors (Lipinski definition) is 5. The van der Waals surface area contributed by atoms with Gasteiger partial charge in [0.25, 0.3) is 0 Å². The summed E-state index contributed by atoms with van der Waals surface area (Å²) in [7, 11) is 0. The quantitative estimate of drug-likeness (QED) is 0.393. The zero-order chi connectivity index (χ0) is 20.8. The first-order chi connectivity index (χ1) is 14.7.